The molecular weight excluding hydrogens is 715 g/mol. The molecule has 2 heteroatoms. The average molecular weight is 756 g/mol. The Morgan fingerprint density at radius 3 is 1.49 bits per heavy atom. The fourth-order valence-electron chi connectivity index (χ4n) is 9.56. The van der Waals surface area contributed by atoms with E-state index in [1.165, 1.54) is 50.1 Å². The lowest BCUT2D eigenvalue weighted by Crippen LogP contribution is -2.21. The molecule has 10 aromatic rings. The van der Waals surface area contributed by atoms with E-state index in [2.05, 4.69) is 231 Å². The van der Waals surface area contributed by atoms with Crippen molar-refractivity contribution in [2.75, 3.05) is 4.90 Å². The van der Waals surface area contributed by atoms with Crippen LogP contribution in [0.1, 0.15) is 25.0 Å². The summed E-state index contributed by atoms with van der Waals surface area (Å²) >= 11 is 0. The monoisotopic (exact) mass is 755 g/mol. The third-order valence-electron chi connectivity index (χ3n) is 12.3. The lowest BCUT2D eigenvalue weighted by atomic mass is 9.80. The number of fused-ring (bicyclic) bond motifs is 6. The molecule has 9 aromatic carbocycles. The van der Waals surface area contributed by atoms with Crippen LogP contribution < -0.4 is 4.90 Å². The summed E-state index contributed by atoms with van der Waals surface area (Å²) in [5.41, 5.74) is 19.2. The van der Waals surface area contributed by atoms with E-state index >= 15 is 0 Å². The molecule has 1 aromatic heterocycles. The fourth-order valence-corrected chi connectivity index (χ4v) is 9.56. The maximum absolute atomic E-state index is 7.29. The van der Waals surface area contributed by atoms with Gasteiger partial charge in [-0.1, -0.05) is 196 Å². The SMILES string of the molecule is CC1(C)c2ccccc2-c2cc3c(oc4c(-c5ccccc5)cccc43)c(N(c3ccccc3)c3ccc(-c4c(-c5ccccc5)cccc4-c4ccccc4)cc3)c21. The van der Waals surface area contributed by atoms with E-state index in [0.717, 1.165) is 55.7 Å². The topological polar surface area (TPSA) is 16.4 Å². The minimum absolute atomic E-state index is 0.303. The van der Waals surface area contributed by atoms with Gasteiger partial charge in [0.15, 0.2) is 5.58 Å². The number of para-hydroxylation sites is 2. The van der Waals surface area contributed by atoms with Crippen molar-refractivity contribution in [1.29, 1.82) is 0 Å². The van der Waals surface area contributed by atoms with E-state index in [9.17, 15) is 0 Å². The minimum Gasteiger partial charge on any atom is -0.453 e. The molecule has 0 bridgehead atoms. The number of benzene rings is 9. The van der Waals surface area contributed by atoms with Crippen LogP contribution in [0, 0.1) is 0 Å². The van der Waals surface area contributed by atoms with Crippen molar-refractivity contribution in [2.24, 2.45) is 0 Å². The highest BCUT2D eigenvalue weighted by Gasteiger charge is 2.41. The summed E-state index contributed by atoms with van der Waals surface area (Å²) in [5, 5.41) is 2.22. The van der Waals surface area contributed by atoms with Crippen molar-refractivity contribution in [2.45, 2.75) is 19.3 Å². The summed E-state index contributed by atoms with van der Waals surface area (Å²) < 4.78 is 7.29. The van der Waals surface area contributed by atoms with Crippen LogP contribution in [0.3, 0.4) is 0 Å². The second-order valence-electron chi connectivity index (χ2n) is 16.0. The smallest absolute Gasteiger partial charge is 0.159 e. The first-order valence-electron chi connectivity index (χ1n) is 20.4. The van der Waals surface area contributed by atoms with Crippen molar-refractivity contribution >= 4 is 39.0 Å². The zero-order valence-corrected chi connectivity index (χ0v) is 33.1. The Morgan fingerprint density at radius 1 is 0.373 bits per heavy atom. The molecule has 280 valence electrons. The summed E-state index contributed by atoms with van der Waals surface area (Å²) in [6.07, 6.45) is 0. The number of anilines is 3. The molecule has 0 N–H and O–H groups in total. The van der Waals surface area contributed by atoms with E-state index in [-0.39, 0.29) is 5.41 Å². The van der Waals surface area contributed by atoms with Crippen molar-refractivity contribution in [3.05, 3.63) is 223 Å². The number of furan rings is 1. The minimum atomic E-state index is -0.303. The highest BCUT2D eigenvalue weighted by Crippen LogP contribution is 2.58. The summed E-state index contributed by atoms with van der Waals surface area (Å²) in [6, 6.07) is 76.5. The molecule has 0 saturated heterocycles. The zero-order chi connectivity index (χ0) is 39.5. The molecule has 0 atom stereocenters. The van der Waals surface area contributed by atoms with E-state index in [1.807, 2.05) is 0 Å². The Hall–Kier alpha value is -7.42. The van der Waals surface area contributed by atoms with Gasteiger partial charge in [0, 0.05) is 33.1 Å². The van der Waals surface area contributed by atoms with E-state index in [0.29, 0.717) is 0 Å². The third kappa shape index (κ3) is 5.63. The van der Waals surface area contributed by atoms with Crippen molar-refractivity contribution in [1.82, 2.24) is 0 Å². The summed E-state index contributed by atoms with van der Waals surface area (Å²) in [7, 11) is 0. The highest BCUT2D eigenvalue weighted by molar-refractivity contribution is 6.17. The van der Waals surface area contributed by atoms with E-state index < -0.39 is 0 Å². The molecule has 0 radical (unpaired) electrons. The standard InChI is InChI=1S/C57H41NO/c1-57(2)51-32-16-15-27-47(51)49-37-50-48-31-18-30-46(40-23-11-5-12-24-40)55(48)59-56(50)54(53(49)57)58(42-25-13-6-14-26-42)43-35-33-41(34-36-43)52-44(38-19-7-3-8-20-38)28-17-29-45(52)39-21-9-4-10-22-39/h3-37H,1-2H3. The average Bonchev–Trinajstić information content (AvgIpc) is 3.79. The molecule has 0 fully saturated rings. The van der Waals surface area contributed by atoms with Gasteiger partial charge in [0.1, 0.15) is 5.58 Å². The molecule has 2 nitrogen and oxygen atoms in total. The van der Waals surface area contributed by atoms with Crippen LogP contribution >= 0.6 is 0 Å². The summed E-state index contributed by atoms with van der Waals surface area (Å²) in [4.78, 5) is 2.43. The highest BCUT2D eigenvalue weighted by atomic mass is 16.3. The molecular formula is C57H41NO. The van der Waals surface area contributed by atoms with Gasteiger partial charge in [-0.25, -0.2) is 0 Å². The van der Waals surface area contributed by atoms with Gasteiger partial charge in [-0.3, -0.25) is 0 Å². The fraction of sp³-hybridized carbons (Fsp3) is 0.0526. The summed E-state index contributed by atoms with van der Waals surface area (Å²) in [5.74, 6) is 0. The van der Waals surface area contributed by atoms with Crippen LogP contribution in [0.25, 0.3) is 77.6 Å². The first-order valence-corrected chi connectivity index (χ1v) is 20.4. The normalized spacial score (nSPS) is 12.7. The van der Waals surface area contributed by atoms with Gasteiger partial charge < -0.3 is 9.32 Å². The van der Waals surface area contributed by atoms with Gasteiger partial charge in [-0.15, -0.1) is 0 Å². The Balaban J connectivity index is 1.18. The maximum atomic E-state index is 7.29. The zero-order valence-electron chi connectivity index (χ0n) is 33.1. The molecule has 0 spiro atoms. The van der Waals surface area contributed by atoms with Gasteiger partial charge >= 0.3 is 0 Å². The Labute approximate surface area is 345 Å². The molecule has 1 aliphatic carbocycles. The van der Waals surface area contributed by atoms with Crippen LogP contribution in [0.2, 0.25) is 0 Å². The van der Waals surface area contributed by atoms with Crippen molar-refractivity contribution in [3.8, 4) is 55.6 Å². The van der Waals surface area contributed by atoms with Gasteiger partial charge in [-0.05, 0) is 91.5 Å². The molecule has 1 heterocycles. The van der Waals surface area contributed by atoms with Crippen LogP contribution in [0.15, 0.2) is 217 Å². The Morgan fingerprint density at radius 2 is 0.864 bits per heavy atom. The first kappa shape index (κ1) is 34.8. The maximum Gasteiger partial charge on any atom is 0.159 e. The number of nitrogens with zero attached hydrogens (tertiary/aromatic N) is 1. The number of hydrogen-bond donors (Lipinski definition) is 0. The van der Waals surface area contributed by atoms with Gasteiger partial charge in [0.2, 0.25) is 0 Å². The third-order valence-corrected chi connectivity index (χ3v) is 12.3. The second kappa shape index (κ2) is 13.9. The van der Waals surface area contributed by atoms with Crippen LogP contribution in [0.5, 0.6) is 0 Å². The lowest BCUT2D eigenvalue weighted by Gasteiger charge is -2.32. The van der Waals surface area contributed by atoms with Gasteiger partial charge in [-0.2, -0.15) is 0 Å². The first-order chi connectivity index (χ1) is 29.1. The molecule has 59 heavy (non-hydrogen) atoms. The predicted molar refractivity (Wildman–Crippen MR) is 248 cm³/mol. The Bertz CT molecular complexity index is 3090. The van der Waals surface area contributed by atoms with Crippen LogP contribution in [0.4, 0.5) is 17.1 Å². The van der Waals surface area contributed by atoms with Crippen LogP contribution in [-0.2, 0) is 5.41 Å². The van der Waals surface area contributed by atoms with Crippen molar-refractivity contribution in [3.63, 3.8) is 0 Å². The lowest BCUT2D eigenvalue weighted by molar-refractivity contribution is 0.648. The van der Waals surface area contributed by atoms with E-state index in [4.69, 9.17) is 4.42 Å². The van der Waals surface area contributed by atoms with Crippen LogP contribution in [-0.4, -0.2) is 0 Å². The second-order valence-corrected chi connectivity index (χ2v) is 16.0. The quantitative estimate of drug-likeness (QED) is 0.161. The predicted octanol–water partition coefficient (Wildman–Crippen LogP) is 16.0. The molecule has 1 aliphatic rings. The Kier molecular flexibility index (Phi) is 8.20. The number of hydrogen-bond acceptors (Lipinski definition) is 2. The van der Waals surface area contributed by atoms with Crippen molar-refractivity contribution < 1.29 is 4.42 Å². The van der Waals surface area contributed by atoms with E-state index in [1.54, 1.807) is 0 Å². The van der Waals surface area contributed by atoms with Gasteiger partial charge in [0.25, 0.3) is 0 Å². The summed E-state index contributed by atoms with van der Waals surface area (Å²) in [6.45, 7) is 4.73. The molecule has 0 saturated carbocycles. The molecule has 0 unspecified atom stereocenters. The van der Waals surface area contributed by atoms with Gasteiger partial charge in [0.05, 0.1) is 5.69 Å². The molecule has 0 aliphatic heterocycles. The molecule has 11 rings (SSSR count). The number of rotatable bonds is 7. The largest absolute Gasteiger partial charge is 0.453 e. The molecule has 0 amide bonds.